The number of aliphatic carboxylic acids is 1. The molecule has 1 saturated heterocycles. The van der Waals surface area contributed by atoms with Gasteiger partial charge in [0.05, 0.1) is 47.5 Å². The Morgan fingerprint density at radius 3 is 1.97 bits per heavy atom. The lowest BCUT2D eigenvalue weighted by atomic mass is 9.90. The highest BCUT2D eigenvalue weighted by Gasteiger charge is 2.33. The number of hydrogen-bond donors (Lipinski definition) is 1. The third-order valence-corrected chi connectivity index (χ3v) is 6.00. The predicted molar refractivity (Wildman–Crippen MR) is 119 cm³/mol. The molecular formula is C24H31NO7. The van der Waals surface area contributed by atoms with Gasteiger partial charge in [0.1, 0.15) is 0 Å². The molecule has 0 bridgehead atoms. The molecule has 174 valence electrons. The Bertz CT molecular complexity index is 938. The molecule has 0 aliphatic carbocycles. The third-order valence-electron chi connectivity index (χ3n) is 6.00. The van der Waals surface area contributed by atoms with Crippen LogP contribution in [-0.2, 0) is 4.79 Å². The number of nitrogens with zero attached hydrogens (tertiary/aromatic N) is 1. The predicted octanol–water partition coefficient (Wildman–Crippen LogP) is 3.62. The highest BCUT2D eigenvalue weighted by molar-refractivity contribution is 5.70. The standard InChI is InChI=1S/C24H31NO7/c1-28-18-8-6-16(14-20(18)30-3)21(25-12-10-15(11-13-25)24(26)27)17-7-9-19(29-2)23(32-5)22(17)31-4/h6-9,14-15,21H,10-13H2,1-5H3,(H,26,27). The number of hydrogen-bond acceptors (Lipinski definition) is 7. The fourth-order valence-electron chi connectivity index (χ4n) is 4.35. The summed E-state index contributed by atoms with van der Waals surface area (Å²) in [5.41, 5.74) is 1.87. The topological polar surface area (TPSA) is 86.7 Å². The summed E-state index contributed by atoms with van der Waals surface area (Å²) in [6, 6.07) is 9.42. The van der Waals surface area contributed by atoms with Crippen molar-refractivity contribution in [1.82, 2.24) is 4.90 Å². The van der Waals surface area contributed by atoms with E-state index in [0.29, 0.717) is 54.7 Å². The molecule has 1 fully saturated rings. The van der Waals surface area contributed by atoms with Gasteiger partial charge >= 0.3 is 5.97 Å². The Labute approximate surface area is 188 Å². The van der Waals surface area contributed by atoms with Crippen LogP contribution in [0.3, 0.4) is 0 Å². The van der Waals surface area contributed by atoms with Crippen LogP contribution in [0.1, 0.15) is 30.0 Å². The van der Waals surface area contributed by atoms with E-state index in [1.165, 1.54) is 0 Å². The molecule has 0 amide bonds. The zero-order valence-corrected chi connectivity index (χ0v) is 19.2. The number of rotatable bonds is 9. The molecule has 1 aliphatic rings. The zero-order valence-electron chi connectivity index (χ0n) is 19.2. The number of ether oxygens (including phenoxy) is 5. The molecule has 0 spiro atoms. The van der Waals surface area contributed by atoms with Gasteiger partial charge in [0.2, 0.25) is 5.75 Å². The normalized spacial score (nSPS) is 15.7. The van der Waals surface area contributed by atoms with Crippen molar-refractivity contribution in [2.45, 2.75) is 18.9 Å². The average Bonchev–Trinajstić information content (AvgIpc) is 2.83. The molecule has 0 saturated carbocycles. The fraction of sp³-hybridized carbons (Fsp3) is 0.458. The monoisotopic (exact) mass is 445 g/mol. The molecule has 3 rings (SSSR count). The second kappa shape index (κ2) is 10.5. The molecule has 0 radical (unpaired) electrons. The third kappa shape index (κ3) is 4.55. The van der Waals surface area contributed by atoms with E-state index in [4.69, 9.17) is 23.7 Å². The highest BCUT2D eigenvalue weighted by atomic mass is 16.5. The maximum Gasteiger partial charge on any atom is 0.306 e. The van der Waals surface area contributed by atoms with E-state index in [0.717, 1.165) is 11.1 Å². The largest absolute Gasteiger partial charge is 0.493 e. The van der Waals surface area contributed by atoms with E-state index >= 15 is 0 Å². The van der Waals surface area contributed by atoms with Gasteiger partial charge in [0.15, 0.2) is 23.0 Å². The number of piperidine rings is 1. The van der Waals surface area contributed by atoms with E-state index in [9.17, 15) is 9.90 Å². The summed E-state index contributed by atoms with van der Waals surface area (Å²) in [4.78, 5) is 13.7. The molecule has 8 nitrogen and oxygen atoms in total. The van der Waals surface area contributed by atoms with Crippen LogP contribution in [-0.4, -0.2) is 64.6 Å². The molecule has 1 unspecified atom stereocenters. The van der Waals surface area contributed by atoms with Gasteiger partial charge in [0, 0.05) is 5.56 Å². The molecule has 2 aromatic rings. The maximum atomic E-state index is 11.5. The van der Waals surface area contributed by atoms with Crippen LogP contribution in [0.25, 0.3) is 0 Å². The number of benzene rings is 2. The summed E-state index contributed by atoms with van der Waals surface area (Å²) < 4.78 is 27.8. The Morgan fingerprint density at radius 2 is 1.44 bits per heavy atom. The first-order chi connectivity index (χ1) is 15.5. The van der Waals surface area contributed by atoms with Crippen molar-refractivity contribution >= 4 is 5.97 Å². The van der Waals surface area contributed by atoms with Crippen molar-refractivity contribution in [1.29, 1.82) is 0 Å². The van der Waals surface area contributed by atoms with E-state index in [2.05, 4.69) is 4.90 Å². The van der Waals surface area contributed by atoms with Crippen molar-refractivity contribution < 1.29 is 33.6 Å². The Morgan fingerprint density at radius 1 is 0.844 bits per heavy atom. The fourth-order valence-corrected chi connectivity index (χ4v) is 4.35. The van der Waals surface area contributed by atoms with Gasteiger partial charge in [-0.05, 0) is 55.8 Å². The van der Waals surface area contributed by atoms with Crippen LogP contribution in [0.5, 0.6) is 28.7 Å². The first-order valence-electron chi connectivity index (χ1n) is 10.5. The van der Waals surface area contributed by atoms with Gasteiger partial charge in [-0.1, -0.05) is 6.07 Å². The molecule has 1 atom stereocenters. The number of carboxylic acid groups (broad SMARTS) is 1. The smallest absolute Gasteiger partial charge is 0.306 e. The SMILES string of the molecule is COc1ccc(C(c2ccc(OC)c(OC)c2OC)N2CCC(C(=O)O)CC2)cc1OC. The average molecular weight is 446 g/mol. The molecule has 1 heterocycles. The van der Waals surface area contributed by atoms with Crippen LogP contribution < -0.4 is 23.7 Å². The first kappa shape index (κ1) is 23.5. The summed E-state index contributed by atoms with van der Waals surface area (Å²) in [5, 5.41) is 9.43. The van der Waals surface area contributed by atoms with E-state index in [1.54, 1.807) is 35.5 Å². The molecule has 2 aromatic carbocycles. The van der Waals surface area contributed by atoms with Crippen molar-refractivity contribution in [3.8, 4) is 28.7 Å². The molecule has 0 aromatic heterocycles. The minimum atomic E-state index is -0.740. The molecular weight excluding hydrogens is 414 g/mol. The second-order valence-electron chi connectivity index (χ2n) is 7.59. The lowest BCUT2D eigenvalue weighted by Gasteiger charge is -2.38. The number of likely N-dealkylation sites (tertiary alicyclic amines) is 1. The first-order valence-corrected chi connectivity index (χ1v) is 10.5. The highest BCUT2D eigenvalue weighted by Crippen LogP contribution is 2.46. The molecule has 1 aliphatic heterocycles. The maximum absolute atomic E-state index is 11.5. The molecule has 8 heteroatoms. The van der Waals surface area contributed by atoms with Gasteiger partial charge in [-0.25, -0.2) is 0 Å². The zero-order chi connectivity index (χ0) is 23.3. The summed E-state index contributed by atoms with van der Waals surface area (Å²) in [7, 11) is 7.96. The van der Waals surface area contributed by atoms with Gasteiger partial charge in [-0.15, -0.1) is 0 Å². The summed E-state index contributed by atoms with van der Waals surface area (Å²) in [5.74, 6) is 1.85. The van der Waals surface area contributed by atoms with Gasteiger partial charge < -0.3 is 28.8 Å². The van der Waals surface area contributed by atoms with Crippen molar-refractivity contribution in [2.24, 2.45) is 5.92 Å². The Kier molecular flexibility index (Phi) is 7.69. The minimum absolute atomic E-state index is 0.209. The van der Waals surface area contributed by atoms with E-state index in [-0.39, 0.29) is 12.0 Å². The Hall–Kier alpha value is -3.13. The number of carbonyl (C=O) groups is 1. The van der Waals surface area contributed by atoms with Gasteiger partial charge in [-0.3, -0.25) is 9.69 Å². The van der Waals surface area contributed by atoms with Crippen molar-refractivity contribution in [3.05, 3.63) is 41.5 Å². The summed E-state index contributed by atoms with van der Waals surface area (Å²) >= 11 is 0. The van der Waals surface area contributed by atoms with Gasteiger partial charge in [0.25, 0.3) is 0 Å². The number of methoxy groups -OCH3 is 5. The van der Waals surface area contributed by atoms with E-state index < -0.39 is 5.97 Å². The molecule has 1 N–H and O–H groups in total. The van der Waals surface area contributed by atoms with Crippen LogP contribution in [0.4, 0.5) is 0 Å². The Balaban J connectivity index is 2.13. The van der Waals surface area contributed by atoms with Gasteiger partial charge in [-0.2, -0.15) is 0 Å². The van der Waals surface area contributed by atoms with E-state index in [1.807, 2.05) is 30.3 Å². The van der Waals surface area contributed by atoms with Crippen molar-refractivity contribution in [2.75, 3.05) is 48.6 Å². The lowest BCUT2D eigenvalue weighted by molar-refractivity contribution is -0.143. The second-order valence-corrected chi connectivity index (χ2v) is 7.59. The lowest BCUT2D eigenvalue weighted by Crippen LogP contribution is -2.39. The summed E-state index contributed by atoms with van der Waals surface area (Å²) in [6.45, 7) is 1.26. The van der Waals surface area contributed by atoms with Crippen molar-refractivity contribution in [3.63, 3.8) is 0 Å². The van der Waals surface area contributed by atoms with Crippen LogP contribution >= 0.6 is 0 Å². The van der Waals surface area contributed by atoms with Crippen LogP contribution in [0.15, 0.2) is 30.3 Å². The summed E-state index contributed by atoms with van der Waals surface area (Å²) in [6.07, 6.45) is 1.16. The quantitative estimate of drug-likeness (QED) is 0.626. The van der Waals surface area contributed by atoms with Crippen LogP contribution in [0.2, 0.25) is 0 Å². The molecule has 32 heavy (non-hydrogen) atoms. The minimum Gasteiger partial charge on any atom is -0.493 e. The number of carboxylic acids is 1. The van der Waals surface area contributed by atoms with Crippen LogP contribution in [0, 0.1) is 5.92 Å².